The zero-order valence-corrected chi connectivity index (χ0v) is 16.5. The van der Waals surface area contributed by atoms with Gasteiger partial charge in [-0.25, -0.2) is 4.39 Å². The lowest BCUT2D eigenvalue weighted by atomic mass is 9.98. The van der Waals surface area contributed by atoms with Crippen molar-refractivity contribution >= 4 is 18.3 Å². The summed E-state index contributed by atoms with van der Waals surface area (Å²) in [5.74, 6) is 0.129. The Bertz CT molecular complexity index is 786. The van der Waals surface area contributed by atoms with E-state index in [-0.39, 0.29) is 36.4 Å². The van der Waals surface area contributed by atoms with E-state index in [9.17, 15) is 14.3 Å². The average Bonchev–Trinajstić information content (AvgIpc) is 2.70. The first-order valence-electron chi connectivity index (χ1n) is 9.27. The van der Waals surface area contributed by atoms with Gasteiger partial charge in [0.1, 0.15) is 17.3 Å². The fraction of sp³-hybridized carbons (Fsp3) is 0.381. The molecule has 0 radical (unpaired) electrons. The van der Waals surface area contributed by atoms with Crippen LogP contribution in [-0.2, 0) is 6.42 Å². The van der Waals surface area contributed by atoms with Gasteiger partial charge < -0.3 is 20.5 Å². The molecule has 5 nitrogen and oxygen atoms in total. The third-order valence-electron chi connectivity index (χ3n) is 4.82. The van der Waals surface area contributed by atoms with Crippen molar-refractivity contribution in [2.75, 3.05) is 26.2 Å². The fourth-order valence-electron chi connectivity index (χ4n) is 3.33. The lowest BCUT2D eigenvalue weighted by Crippen LogP contribution is -2.41. The van der Waals surface area contributed by atoms with Crippen molar-refractivity contribution in [3.05, 3.63) is 59.4 Å². The number of rotatable bonds is 6. The molecule has 0 aliphatic carbocycles. The SMILES string of the molecule is Cl.NCCc1ccc(Oc2ccc(F)c(C(=O)N3CCCC(CO)C3)c2)cc1. The van der Waals surface area contributed by atoms with Crippen molar-refractivity contribution in [3.8, 4) is 11.5 Å². The molecule has 3 N–H and O–H groups in total. The van der Waals surface area contributed by atoms with Crippen LogP contribution in [0, 0.1) is 11.7 Å². The fourth-order valence-corrected chi connectivity index (χ4v) is 3.33. The molecule has 1 fully saturated rings. The van der Waals surface area contributed by atoms with Crippen LogP contribution < -0.4 is 10.5 Å². The maximum Gasteiger partial charge on any atom is 0.256 e. The number of nitrogens with two attached hydrogens (primary N) is 1. The summed E-state index contributed by atoms with van der Waals surface area (Å²) in [6.07, 6.45) is 2.48. The van der Waals surface area contributed by atoms with Crippen LogP contribution in [0.2, 0.25) is 0 Å². The molecule has 1 unspecified atom stereocenters. The van der Waals surface area contributed by atoms with Crippen LogP contribution in [0.25, 0.3) is 0 Å². The zero-order valence-electron chi connectivity index (χ0n) is 15.6. The Hall–Kier alpha value is -2.15. The first-order chi connectivity index (χ1) is 13.1. The molecule has 28 heavy (non-hydrogen) atoms. The van der Waals surface area contributed by atoms with Gasteiger partial charge in [0.15, 0.2) is 0 Å². The molecule has 152 valence electrons. The number of benzene rings is 2. The molecule has 3 rings (SSSR count). The van der Waals surface area contributed by atoms with Crippen molar-refractivity contribution < 1.29 is 19.0 Å². The summed E-state index contributed by atoms with van der Waals surface area (Å²) < 4.78 is 20.0. The van der Waals surface area contributed by atoms with E-state index in [0.29, 0.717) is 31.1 Å². The Morgan fingerprint density at radius 3 is 2.61 bits per heavy atom. The van der Waals surface area contributed by atoms with E-state index >= 15 is 0 Å². The lowest BCUT2D eigenvalue weighted by molar-refractivity contribution is 0.0616. The third-order valence-corrected chi connectivity index (χ3v) is 4.82. The van der Waals surface area contributed by atoms with Gasteiger partial charge in [-0.1, -0.05) is 12.1 Å². The largest absolute Gasteiger partial charge is 0.457 e. The summed E-state index contributed by atoms with van der Waals surface area (Å²) >= 11 is 0. The van der Waals surface area contributed by atoms with Gasteiger partial charge >= 0.3 is 0 Å². The van der Waals surface area contributed by atoms with Crippen molar-refractivity contribution in [1.29, 1.82) is 0 Å². The molecule has 0 saturated carbocycles. The molecule has 1 saturated heterocycles. The van der Waals surface area contributed by atoms with Gasteiger partial charge in [0.2, 0.25) is 0 Å². The van der Waals surface area contributed by atoms with E-state index in [1.807, 2.05) is 24.3 Å². The van der Waals surface area contributed by atoms with Crippen LogP contribution in [0.1, 0.15) is 28.8 Å². The van der Waals surface area contributed by atoms with E-state index in [1.165, 1.54) is 18.2 Å². The van der Waals surface area contributed by atoms with Crippen molar-refractivity contribution in [1.82, 2.24) is 4.90 Å². The number of nitrogens with zero attached hydrogens (tertiary/aromatic N) is 1. The summed E-state index contributed by atoms with van der Waals surface area (Å²) in [6, 6.07) is 11.7. The summed E-state index contributed by atoms with van der Waals surface area (Å²) in [5.41, 5.74) is 6.65. The summed E-state index contributed by atoms with van der Waals surface area (Å²) in [6.45, 7) is 1.64. The Labute approximate surface area is 170 Å². The van der Waals surface area contributed by atoms with Gasteiger partial charge in [0.05, 0.1) is 5.56 Å². The molecule has 1 aliphatic rings. The second-order valence-corrected chi connectivity index (χ2v) is 6.87. The number of piperidine rings is 1. The Morgan fingerprint density at radius 1 is 1.21 bits per heavy atom. The summed E-state index contributed by atoms with van der Waals surface area (Å²) in [4.78, 5) is 14.3. The van der Waals surface area contributed by atoms with Gasteiger partial charge in [-0.2, -0.15) is 0 Å². The Balaban J connectivity index is 0.00000280. The zero-order chi connectivity index (χ0) is 19.2. The minimum absolute atomic E-state index is 0. The van der Waals surface area contributed by atoms with Crippen LogP contribution in [-0.4, -0.2) is 42.2 Å². The summed E-state index contributed by atoms with van der Waals surface area (Å²) in [5, 5.41) is 9.34. The number of halogens is 2. The highest BCUT2D eigenvalue weighted by atomic mass is 35.5. The van der Waals surface area contributed by atoms with Crippen molar-refractivity contribution in [2.24, 2.45) is 11.7 Å². The van der Waals surface area contributed by atoms with E-state index in [2.05, 4.69) is 0 Å². The van der Waals surface area contributed by atoms with Gasteiger partial charge in [-0.15, -0.1) is 12.4 Å². The number of carbonyl (C=O) groups is 1. The predicted molar refractivity (Wildman–Crippen MR) is 109 cm³/mol. The van der Waals surface area contributed by atoms with Crippen molar-refractivity contribution in [3.63, 3.8) is 0 Å². The molecule has 7 heteroatoms. The molecule has 0 spiro atoms. The minimum Gasteiger partial charge on any atom is -0.457 e. The normalized spacial score (nSPS) is 16.4. The quantitative estimate of drug-likeness (QED) is 0.768. The van der Waals surface area contributed by atoms with Gasteiger partial charge in [0.25, 0.3) is 5.91 Å². The molecule has 1 aliphatic heterocycles. The molecule has 0 aromatic heterocycles. The second kappa shape index (κ2) is 10.4. The number of hydrogen-bond donors (Lipinski definition) is 2. The topological polar surface area (TPSA) is 75.8 Å². The van der Waals surface area contributed by atoms with Crippen LogP contribution in [0.3, 0.4) is 0 Å². The van der Waals surface area contributed by atoms with Crippen LogP contribution in [0.4, 0.5) is 4.39 Å². The molecule has 0 bridgehead atoms. The Morgan fingerprint density at radius 2 is 1.93 bits per heavy atom. The number of likely N-dealkylation sites (tertiary alicyclic amines) is 1. The standard InChI is InChI=1S/C21H25FN2O3.ClH/c22-20-8-7-18(27-17-5-3-15(4-6-17)9-10-23)12-19(20)21(26)24-11-1-2-16(13-24)14-25;/h3-8,12,16,25H,1-2,9-11,13-14,23H2;1H. The van der Waals surface area contributed by atoms with Crippen LogP contribution in [0.15, 0.2) is 42.5 Å². The molecule has 2 aromatic carbocycles. The van der Waals surface area contributed by atoms with Crippen LogP contribution >= 0.6 is 12.4 Å². The maximum atomic E-state index is 14.3. The Kier molecular flexibility index (Phi) is 8.23. The average molecular weight is 409 g/mol. The number of aliphatic hydroxyl groups excluding tert-OH is 1. The third kappa shape index (κ3) is 5.44. The second-order valence-electron chi connectivity index (χ2n) is 6.87. The van der Waals surface area contributed by atoms with E-state index in [4.69, 9.17) is 10.5 Å². The number of carbonyl (C=O) groups excluding carboxylic acids is 1. The number of ether oxygens (including phenoxy) is 1. The number of aliphatic hydroxyl groups is 1. The first kappa shape index (κ1) is 22.1. The predicted octanol–water partition coefficient (Wildman–Crippen LogP) is 3.39. The van der Waals surface area contributed by atoms with E-state index in [1.54, 1.807) is 4.90 Å². The lowest BCUT2D eigenvalue weighted by Gasteiger charge is -2.32. The van der Waals surface area contributed by atoms with Crippen molar-refractivity contribution in [2.45, 2.75) is 19.3 Å². The maximum absolute atomic E-state index is 14.3. The molecular weight excluding hydrogens is 383 g/mol. The number of hydrogen-bond acceptors (Lipinski definition) is 4. The van der Waals surface area contributed by atoms with E-state index < -0.39 is 5.82 Å². The van der Waals surface area contributed by atoms with Crippen LogP contribution in [0.5, 0.6) is 11.5 Å². The number of amides is 1. The molecular formula is C21H26ClFN2O3. The van der Waals surface area contributed by atoms with Gasteiger partial charge in [-0.05, 0) is 67.6 Å². The van der Waals surface area contributed by atoms with Gasteiger partial charge in [0, 0.05) is 19.7 Å². The molecule has 1 amide bonds. The molecule has 1 heterocycles. The highest BCUT2D eigenvalue weighted by molar-refractivity contribution is 5.95. The smallest absolute Gasteiger partial charge is 0.256 e. The molecule has 1 atom stereocenters. The monoisotopic (exact) mass is 408 g/mol. The highest BCUT2D eigenvalue weighted by Gasteiger charge is 2.26. The van der Waals surface area contributed by atoms with Gasteiger partial charge in [-0.3, -0.25) is 4.79 Å². The minimum atomic E-state index is -0.572. The highest BCUT2D eigenvalue weighted by Crippen LogP contribution is 2.26. The van der Waals surface area contributed by atoms with E-state index in [0.717, 1.165) is 24.8 Å². The molecule has 2 aromatic rings. The first-order valence-corrected chi connectivity index (χ1v) is 9.27. The summed E-state index contributed by atoms with van der Waals surface area (Å²) in [7, 11) is 0.